The monoisotopic (exact) mass is 338 g/mol. The number of alkyl halides is 2. The second-order valence-corrected chi connectivity index (χ2v) is 5.38. The highest BCUT2D eigenvalue weighted by molar-refractivity contribution is 5.93. The quantitative estimate of drug-likeness (QED) is 0.815. The lowest BCUT2D eigenvalue weighted by molar-refractivity contribution is -0.0512. The number of aromatic amines is 1. The zero-order valence-electron chi connectivity index (χ0n) is 13.8. The summed E-state index contributed by atoms with van der Waals surface area (Å²) < 4.78 is 34.0. The van der Waals surface area contributed by atoms with E-state index in [0.717, 1.165) is 16.8 Å². The Morgan fingerprint density at radius 3 is 2.58 bits per heavy atom. The maximum Gasteiger partial charge on any atom is 0.387 e. The van der Waals surface area contributed by atoms with Crippen LogP contribution in [0.5, 0.6) is 11.5 Å². The first-order valence-corrected chi connectivity index (χ1v) is 7.47. The third kappa shape index (κ3) is 4.47. The second kappa shape index (κ2) is 7.81. The minimum absolute atomic E-state index is 0.0160. The van der Waals surface area contributed by atoms with Crippen LogP contribution >= 0.6 is 0 Å². The summed E-state index contributed by atoms with van der Waals surface area (Å²) >= 11 is 0. The molecule has 0 atom stereocenters. The van der Waals surface area contributed by atoms with E-state index in [1.165, 1.54) is 13.2 Å². The summed E-state index contributed by atoms with van der Waals surface area (Å²) in [5.41, 5.74) is 3.20. The predicted octanol–water partition coefficient (Wildman–Crippen LogP) is 3.21. The number of amides is 1. The van der Waals surface area contributed by atoms with Crippen molar-refractivity contribution < 1.29 is 23.0 Å². The van der Waals surface area contributed by atoms with Crippen LogP contribution in [0.15, 0.2) is 24.3 Å². The third-order valence-corrected chi connectivity index (χ3v) is 3.52. The van der Waals surface area contributed by atoms with Gasteiger partial charge in [-0.2, -0.15) is 8.78 Å². The molecule has 0 unspecified atom stereocenters. The first-order valence-electron chi connectivity index (χ1n) is 7.47. The van der Waals surface area contributed by atoms with Crippen molar-refractivity contribution in [2.24, 2.45) is 0 Å². The van der Waals surface area contributed by atoms with E-state index in [0.29, 0.717) is 18.7 Å². The van der Waals surface area contributed by atoms with Crippen LogP contribution in [-0.4, -0.2) is 31.2 Å². The van der Waals surface area contributed by atoms with Gasteiger partial charge in [0.2, 0.25) is 0 Å². The van der Waals surface area contributed by atoms with Gasteiger partial charge in [-0.05, 0) is 49.6 Å². The molecule has 2 aromatic rings. The van der Waals surface area contributed by atoms with Crippen molar-refractivity contribution >= 4 is 5.91 Å². The number of hydrogen-bond acceptors (Lipinski definition) is 3. The van der Waals surface area contributed by atoms with Crippen LogP contribution in [0.4, 0.5) is 8.78 Å². The fraction of sp³-hybridized carbons (Fsp3) is 0.353. The standard InChI is InChI=1S/C17H20F2N2O3/c1-10-8-11(2)21-15(10)16(22)20-7-6-12-4-5-13(24-17(18)19)14(9-12)23-3/h4-5,8-9,17,21H,6-7H2,1-3H3,(H,20,22). The van der Waals surface area contributed by atoms with E-state index < -0.39 is 6.61 Å². The lowest BCUT2D eigenvalue weighted by Crippen LogP contribution is -2.26. The summed E-state index contributed by atoms with van der Waals surface area (Å²) in [5, 5.41) is 2.82. The lowest BCUT2D eigenvalue weighted by Gasteiger charge is -2.11. The molecular weight excluding hydrogens is 318 g/mol. The molecule has 0 aliphatic heterocycles. The van der Waals surface area contributed by atoms with Gasteiger partial charge in [0.05, 0.1) is 7.11 Å². The molecule has 1 aromatic carbocycles. The molecule has 1 heterocycles. The SMILES string of the molecule is COc1cc(CCNC(=O)c2[nH]c(C)cc2C)ccc1OC(F)F. The molecule has 0 bridgehead atoms. The summed E-state index contributed by atoms with van der Waals surface area (Å²) in [4.78, 5) is 15.1. The summed E-state index contributed by atoms with van der Waals surface area (Å²) in [5.74, 6) is 0.0398. The van der Waals surface area contributed by atoms with Crippen molar-refractivity contribution in [2.45, 2.75) is 26.9 Å². The van der Waals surface area contributed by atoms with E-state index in [4.69, 9.17) is 4.74 Å². The fourth-order valence-corrected chi connectivity index (χ4v) is 2.43. The van der Waals surface area contributed by atoms with Crippen LogP contribution in [0, 0.1) is 13.8 Å². The maximum absolute atomic E-state index is 12.3. The molecule has 24 heavy (non-hydrogen) atoms. The highest BCUT2D eigenvalue weighted by Crippen LogP contribution is 2.29. The number of hydrogen-bond donors (Lipinski definition) is 2. The molecule has 1 amide bonds. The van der Waals surface area contributed by atoms with E-state index in [9.17, 15) is 13.6 Å². The van der Waals surface area contributed by atoms with Gasteiger partial charge < -0.3 is 19.8 Å². The van der Waals surface area contributed by atoms with Gasteiger partial charge in [-0.3, -0.25) is 4.79 Å². The Morgan fingerprint density at radius 1 is 1.25 bits per heavy atom. The topological polar surface area (TPSA) is 63.3 Å². The van der Waals surface area contributed by atoms with E-state index in [1.807, 2.05) is 19.9 Å². The molecule has 0 fully saturated rings. The normalized spacial score (nSPS) is 10.8. The van der Waals surface area contributed by atoms with Gasteiger partial charge in [-0.1, -0.05) is 6.07 Å². The molecule has 2 rings (SSSR count). The Labute approximate surface area is 139 Å². The van der Waals surface area contributed by atoms with Crippen LogP contribution in [0.3, 0.4) is 0 Å². The van der Waals surface area contributed by atoms with Gasteiger partial charge in [0.25, 0.3) is 5.91 Å². The van der Waals surface area contributed by atoms with Gasteiger partial charge in [0, 0.05) is 12.2 Å². The van der Waals surface area contributed by atoms with E-state index in [2.05, 4.69) is 15.0 Å². The van der Waals surface area contributed by atoms with Gasteiger partial charge in [0.1, 0.15) is 5.69 Å². The molecule has 0 aliphatic rings. The molecule has 0 radical (unpaired) electrons. The molecule has 7 heteroatoms. The molecular formula is C17H20F2N2O3. The Hall–Kier alpha value is -2.57. The average Bonchev–Trinajstić information content (AvgIpc) is 2.86. The van der Waals surface area contributed by atoms with Crippen molar-refractivity contribution in [1.82, 2.24) is 10.3 Å². The first kappa shape index (κ1) is 17.8. The number of nitrogens with one attached hydrogen (secondary N) is 2. The van der Waals surface area contributed by atoms with Crippen LogP contribution in [0.2, 0.25) is 0 Å². The molecule has 2 N–H and O–H groups in total. The number of carbonyl (C=O) groups excluding carboxylic acids is 1. The Morgan fingerprint density at radius 2 is 2.00 bits per heavy atom. The zero-order valence-corrected chi connectivity index (χ0v) is 13.8. The molecule has 0 aliphatic carbocycles. The summed E-state index contributed by atoms with van der Waals surface area (Å²) in [6.07, 6.45) is 0.537. The number of aryl methyl sites for hydroxylation is 2. The van der Waals surface area contributed by atoms with Crippen molar-refractivity contribution in [2.75, 3.05) is 13.7 Å². The largest absolute Gasteiger partial charge is 0.493 e. The molecule has 0 spiro atoms. The van der Waals surface area contributed by atoms with Crippen LogP contribution in [0.25, 0.3) is 0 Å². The molecule has 1 aromatic heterocycles. The second-order valence-electron chi connectivity index (χ2n) is 5.38. The number of benzene rings is 1. The van der Waals surface area contributed by atoms with Crippen molar-refractivity contribution in [1.29, 1.82) is 0 Å². The van der Waals surface area contributed by atoms with Gasteiger partial charge in [-0.15, -0.1) is 0 Å². The van der Waals surface area contributed by atoms with Crippen LogP contribution in [-0.2, 0) is 6.42 Å². The predicted molar refractivity (Wildman–Crippen MR) is 85.9 cm³/mol. The maximum atomic E-state index is 12.3. The zero-order chi connectivity index (χ0) is 17.7. The number of ether oxygens (including phenoxy) is 2. The van der Waals surface area contributed by atoms with Crippen molar-refractivity contribution in [3.63, 3.8) is 0 Å². The number of H-pyrrole nitrogens is 1. The minimum atomic E-state index is -2.91. The number of halogens is 2. The lowest BCUT2D eigenvalue weighted by atomic mass is 10.1. The Balaban J connectivity index is 1.94. The van der Waals surface area contributed by atoms with Gasteiger partial charge >= 0.3 is 6.61 Å². The third-order valence-electron chi connectivity index (χ3n) is 3.52. The highest BCUT2D eigenvalue weighted by Gasteiger charge is 2.13. The number of aromatic nitrogens is 1. The highest BCUT2D eigenvalue weighted by atomic mass is 19.3. The molecule has 130 valence electrons. The van der Waals surface area contributed by atoms with Crippen LogP contribution in [0.1, 0.15) is 27.3 Å². The molecule has 0 saturated heterocycles. The first-order chi connectivity index (χ1) is 11.4. The molecule has 5 nitrogen and oxygen atoms in total. The van der Waals surface area contributed by atoms with E-state index >= 15 is 0 Å². The summed E-state index contributed by atoms with van der Waals surface area (Å²) in [6.45, 7) is 1.26. The van der Waals surface area contributed by atoms with Crippen molar-refractivity contribution in [3.05, 3.63) is 46.8 Å². The fourth-order valence-electron chi connectivity index (χ4n) is 2.43. The van der Waals surface area contributed by atoms with Gasteiger partial charge in [-0.25, -0.2) is 0 Å². The minimum Gasteiger partial charge on any atom is -0.493 e. The number of carbonyl (C=O) groups is 1. The van der Waals surface area contributed by atoms with Gasteiger partial charge in [0.15, 0.2) is 11.5 Å². The van der Waals surface area contributed by atoms with Crippen molar-refractivity contribution in [3.8, 4) is 11.5 Å². The molecule has 0 saturated carbocycles. The number of methoxy groups -OCH3 is 1. The van der Waals surface area contributed by atoms with E-state index in [1.54, 1.807) is 12.1 Å². The number of rotatable bonds is 7. The Kier molecular flexibility index (Phi) is 5.78. The smallest absolute Gasteiger partial charge is 0.387 e. The Bertz CT molecular complexity index is 714. The summed E-state index contributed by atoms with van der Waals surface area (Å²) in [7, 11) is 1.38. The van der Waals surface area contributed by atoms with Crippen LogP contribution < -0.4 is 14.8 Å². The van der Waals surface area contributed by atoms with E-state index in [-0.39, 0.29) is 17.4 Å². The average molecular weight is 338 g/mol. The summed E-state index contributed by atoms with van der Waals surface area (Å²) in [6, 6.07) is 6.62.